The Hall–Kier alpha value is -1.86. The van der Waals surface area contributed by atoms with Gasteiger partial charge in [-0.05, 0) is 47.5 Å². The highest BCUT2D eigenvalue weighted by Gasteiger charge is 2.57. The molecule has 1 aromatic carbocycles. The van der Waals surface area contributed by atoms with Crippen molar-refractivity contribution in [2.45, 2.75) is 31.7 Å². The van der Waals surface area contributed by atoms with Crippen molar-refractivity contribution in [3.63, 3.8) is 0 Å². The average molecular weight is 424 g/mol. The van der Waals surface area contributed by atoms with Gasteiger partial charge in [-0.3, -0.25) is 9.59 Å². The standard InChI is InChI=1S/C17H16BrClN4O2/c1-8(2)23-15-11(7-20-23)17(6-13(24)21-15)10-4-9(19)5-12(18)14(10)22(3)16(17)25/h4-5,7-8H,6H2,1-3H3,(H,21,24). The Bertz CT molecular complexity index is 939. The second-order valence-electron chi connectivity index (χ2n) is 6.72. The zero-order chi connectivity index (χ0) is 18.1. The molecule has 1 atom stereocenters. The molecule has 0 aliphatic carbocycles. The second-order valence-corrected chi connectivity index (χ2v) is 8.01. The van der Waals surface area contributed by atoms with E-state index in [-0.39, 0.29) is 24.3 Å². The minimum absolute atomic E-state index is 0.0345. The van der Waals surface area contributed by atoms with Crippen molar-refractivity contribution < 1.29 is 9.59 Å². The molecule has 1 spiro atoms. The van der Waals surface area contributed by atoms with Crippen LogP contribution in [-0.4, -0.2) is 28.6 Å². The zero-order valence-electron chi connectivity index (χ0n) is 13.9. The fourth-order valence-corrected chi connectivity index (χ4v) is 4.95. The minimum atomic E-state index is -1.09. The Labute approximate surface area is 158 Å². The van der Waals surface area contributed by atoms with E-state index < -0.39 is 5.41 Å². The lowest BCUT2D eigenvalue weighted by Gasteiger charge is -2.32. The van der Waals surface area contributed by atoms with E-state index in [0.29, 0.717) is 16.4 Å². The molecule has 4 rings (SSSR count). The van der Waals surface area contributed by atoms with Gasteiger partial charge >= 0.3 is 0 Å². The number of aromatic nitrogens is 2. The normalized spacial score (nSPS) is 21.8. The minimum Gasteiger partial charge on any atom is -0.313 e. The van der Waals surface area contributed by atoms with Gasteiger partial charge in [-0.15, -0.1) is 0 Å². The van der Waals surface area contributed by atoms with Gasteiger partial charge in [0.1, 0.15) is 11.2 Å². The van der Waals surface area contributed by atoms with Crippen LogP contribution in [0.25, 0.3) is 0 Å². The number of halogens is 2. The number of rotatable bonds is 1. The fourth-order valence-electron chi connectivity index (χ4n) is 3.87. The average Bonchev–Trinajstić information content (AvgIpc) is 3.03. The summed E-state index contributed by atoms with van der Waals surface area (Å²) in [4.78, 5) is 27.4. The van der Waals surface area contributed by atoms with Crippen molar-refractivity contribution in [1.82, 2.24) is 9.78 Å². The van der Waals surface area contributed by atoms with E-state index >= 15 is 0 Å². The molecule has 0 bridgehead atoms. The number of anilines is 2. The summed E-state index contributed by atoms with van der Waals surface area (Å²) in [6, 6.07) is 3.59. The Balaban J connectivity index is 2.07. The van der Waals surface area contributed by atoms with Gasteiger partial charge in [-0.2, -0.15) is 5.10 Å². The SMILES string of the molecule is CC(C)n1ncc2c1NC(=O)CC21C(=O)N(C)c2c(Br)cc(Cl)cc21. The summed E-state index contributed by atoms with van der Waals surface area (Å²) in [5.74, 6) is 0.224. The number of carbonyl (C=O) groups excluding carboxylic acids is 2. The molecule has 8 heteroatoms. The number of nitrogens with one attached hydrogen (secondary N) is 1. The number of hydrogen-bond donors (Lipinski definition) is 1. The fraction of sp³-hybridized carbons (Fsp3) is 0.353. The lowest BCUT2D eigenvalue weighted by molar-refractivity contribution is -0.126. The van der Waals surface area contributed by atoms with Gasteiger partial charge < -0.3 is 10.2 Å². The molecule has 130 valence electrons. The van der Waals surface area contributed by atoms with Crippen LogP contribution >= 0.6 is 27.5 Å². The predicted octanol–water partition coefficient (Wildman–Crippen LogP) is 3.48. The van der Waals surface area contributed by atoms with Gasteiger partial charge in [0.05, 0.1) is 11.9 Å². The van der Waals surface area contributed by atoms with Crippen LogP contribution in [0.3, 0.4) is 0 Å². The summed E-state index contributed by atoms with van der Waals surface area (Å²) in [7, 11) is 1.72. The maximum absolute atomic E-state index is 13.3. The van der Waals surface area contributed by atoms with Crippen LogP contribution in [0.4, 0.5) is 11.5 Å². The summed E-state index contributed by atoms with van der Waals surface area (Å²) >= 11 is 9.76. The first-order chi connectivity index (χ1) is 11.8. The van der Waals surface area contributed by atoms with Crippen LogP contribution < -0.4 is 10.2 Å². The van der Waals surface area contributed by atoms with E-state index in [1.807, 2.05) is 13.8 Å². The molecule has 1 N–H and O–H groups in total. The highest BCUT2D eigenvalue weighted by Crippen LogP contribution is 2.54. The van der Waals surface area contributed by atoms with Gasteiger partial charge in [-0.1, -0.05) is 11.6 Å². The highest BCUT2D eigenvalue weighted by molar-refractivity contribution is 9.10. The molecule has 2 aliphatic rings. The maximum Gasteiger partial charge on any atom is 0.242 e. The van der Waals surface area contributed by atoms with E-state index in [1.54, 1.807) is 35.0 Å². The zero-order valence-corrected chi connectivity index (χ0v) is 16.3. The van der Waals surface area contributed by atoms with Crippen LogP contribution in [0.5, 0.6) is 0 Å². The van der Waals surface area contributed by atoms with E-state index in [2.05, 4.69) is 26.3 Å². The van der Waals surface area contributed by atoms with E-state index in [4.69, 9.17) is 11.6 Å². The van der Waals surface area contributed by atoms with Crippen molar-refractivity contribution in [3.8, 4) is 0 Å². The first kappa shape index (κ1) is 16.6. The smallest absolute Gasteiger partial charge is 0.242 e. The molecular formula is C17H16BrClN4O2. The molecule has 0 saturated heterocycles. The summed E-state index contributed by atoms with van der Waals surface area (Å²) in [6.45, 7) is 3.95. The topological polar surface area (TPSA) is 67.2 Å². The summed E-state index contributed by atoms with van der Waals surface area (Å²) in [6.07, 6.45) is 1.72. The molecule has 1 unspecified atom stereocenters. The molecule has 0 saturated carbocycles. The van der Waals surface area contributed by atoms with Gasteiger partial charge in [-0.25, -0.2) is 4.68 Å². The number of benzene rings is 1. The first-order valence-electron chi connectivity index (χ1n) is 7.93. The molecule has 2 aromatic rings. The molecule has 3 heterocycles. The number of carbonyl (C=O) groups is 2. The summed E-state index contributed by atoms with van der Waals surface area (Å²) in [5, 5.41) is 7.81. The highest BCUT2D eigenvalue weighted by atomic mass is 79.9. The number of hydrogen-bond acceptors (Lipinski definition) is 3. The summed E-state index contributed by atoms with van der Waals surface area (Å²) < 4.78 is 2.46. The van der Waals surface area contributed by atoms with Crippen molar-refractivity contribution in [1.29, 1.82) is 0 Å². The van der Waals surface area contributed by atoms with Gasteiger partial charge in [0, 0.05) is 34.6 Å². The maximum atomic E-state index is 13.3. The molecule has 2 amide bonds. The van der Waals surface area contributed by atoms with Crippen LogP contribution in [0.2, 0.25) is 5.02 Å². The summed E-state index contributed by atoms with van der Waals surface area (Å²) in [5.41, 5.74) is 1.10. The van der Waals surface area contributed by atoms with Gasteiger partial charge in [0.2, 0.25) is 11.8 Å². The predicted molar refractivity (Wildman–Crippen MR) is 99.2 cm³/mol. The van der Waals surface area contributed by atoms with Crippen molar-refractivity contribution in [3.05, 3.63) is 39.0 Å². The van der Waals surface area contributed by atoms with E-state index in [9.17, 15) is 9.59 Å². The molecule has 0 radical (unpaired) electrons. The molecular weight excluding hydrogens is 408 g/mol. The largest absolute Gasteiger partial charge is 0.313 e. The third kappa shape index (κ3) is 2.05. The quantitative estimate of drug-likeness (QED) is 0.763. The van der Waals surface area contributed by atoms with Gasteiger partial charge in [0.25, 0.3) is 0 Å². The Kier molecular flexibility index (Phi) is 3.53. The monoisotopic (exact) mass is 422 g/mol. The third-order valence-corrected chi connectivity index (χ3v) is 5.74. The van der Waals surface area contributed by atoms with Crippen LogP contribution in [0, 0.1) is 0 Å². The number of fused-ring (bicyclic) bond motifs is 4. The molecule has 6 nitrogen and oxygen atoms in total. The Morgan fingerprint density at radius 2 is 2.04 bits per heavy atom. The number of amides is 2. The van der Waals surface area contributed by atoms with Crippen LogP contribution in [0.1, 0.15) is 37.4 Å². The molecule has 0 fully saturated rings. The lowest BCUT2D eigenvalue weighted by Crippen LogP contribution is -2.45. The van der Waals surface area contributed by atoms with Crippen molar-refractivity contribution in [2.24, 2.45) is 0 Å². The molecule has 1 aromatic heterocycles. The van der Waals surface area contributed by atoms with Crippen LogP contribution in [-0.2, 0) is 15.0 Å². The third-order valence-electron chi connectivity index (χ3n) is 4.92. The molecule has 25 heavy (non-hydrogen) atoms. The van der Waals surface area contributed by atoms with E-state index in [1.165, 1.54) is 0 Å². The Morgan fingerprint density at radius 3 is 2.72 bits per heavy atom. The first-order valence-corrected chi connectivity index (χ1v) is 9.10. The van der Waals surface area contributed by atoms with Crippen LogP contribution in [0.15, 0.2) is 22.8 Å². The van der Waals surface area contributed by atoms with E-state index in [0.717, 1.165) is 15.7 Å². The second kappa shape index (κ2) is 5.32. The van der Waals surface area contributed by atoms with Crippen molar-refractivity contribution >= 4 is 50.9 Å². The molecule has 2 aliphatic heterocycles. The van der Waals surface area contributed by atoms with Gasteiger partial charge in [0.15, 0.2) is 0 Å². The Morgan fingerprint density at radius 1 is 1.32 bits per heavy atom. The number of nitrogens with zero attached hydrogens (tertiary/aromatic N) is 3. The van der Waals surface area contributed by atoms with Crippen molar-refractivity contribution in [2.75, 3.05) is 17.3 Å². The number of likely N-dealkylation sites (N-methyl/N-ethyl adjacent to an activating group) is 1. The lowest BCUT2D eigenvalue weighted by atomic mass is 9.72.